The molecule has 1 aliphatic carbocycles. The molecule has 3 aromatic rings. The van der Waals surface area contributed by atoms with E-state index in [1.807, 2.05) is 18.3 Å². The number of nitrogens with one attached hydrogen (secondary N) is 1. The van der Waals surface area contributed by atoms with E-state index in [-0.39, 0.29) is 6.04 Å². The van der Waals surface area contributed by atoms with Crippen molar-refractivity contribution in [1.82, 2.24) is 15.1 Å². The van der Waals surface area contributed by atoms with E-state index in [0.717, 1.165) is 17.8 Å². The molecule has 1 fully saturated rings. The summed E-state index contributed by atoms with van der Waals surface area (Å²) in [5, 5.41) is 5.27. The summed E-state index contributed by atoms with van der Waals surface area (Å²) in [4.78, 5) is 7.73. The van der Waals surface area contributed by atoms with Crippen molar-refractivity contribution in [2.45, 2.75) is 31.7 Å². The lowest BCUT2D eigenvalue weighted by molar-refractivity contribution is 0.350. The number of benzene rings is 1. The van der Waals surface area contributed by atoms with Gasteiger partial charge in [-0.05, 0) is 30.4 Å². The molecule has 4 rings (SSSR count). The van der Waals surface area contributed by atoms with Crippen LogP contribution in [-0.4, -0.2) is 15.1 Å². The lowest BCUT2D eigenvalue weighted by Crippen LogP contribution is -2.13. The van der Waals surface area contributed by atoms with Crippen molar-refractivity contribution in [3.63, 3.8) is 0 Å². The predicted molar refractivity (Wildman–Crippen MR) is 79.8 cm³/mol. The van der Waals surface area contributed by atoms with Crippen molar-refractivity contribution >= 4 is 10.9 Å². The monoisotopic (exact) mass is 282 g/mol. The van der Waals surface area contributed by atoms with E-state index in [0.29, 0.717) is 24.1 Å². The van der Waals surface area contributed by atoms with E-state index in [2.05, 4.69) is 34.2 Å². The number of hydrogen-bond donors (Lipinski definition) is 2. The second kappa shape index (κ2) is 4.70. The molecule has 5 heteroatoms. The van der Waals surface area contributed by atoms with E-state index in [4.69, 9.17) is 10.3 Å². The molecule has 0 spiro atoms. The smallest absolute Gasteiger partial charge is 0.243 e. The van der Waals surface area contributed by atoms with Crippen LogP contribution in [0.5, 0.6) is 0 Å². The Bertz CT molecular complexity index is 775. The molecular formula is C16H18N4O. The molecule has 1 saturated carbocycles. The van der Waals surface area contributed by atoms with Gasteiger partial charge in [0.2, 0.25) is 5.89 Å². The predicted octanol–water partition coefficient (Wildman–Crippen LogP) is 2.92. The first-order chi connectivity index (χ1) is 10.2. The van der Waals surface area contributed by atoms with Gasteiger partial charge in [-0.15, -0.1) is 0 Å². The van der Waals surface area contributed by atoms with Crippen LogP contribution in [0.15, 0.2) is 35.0 Å². The molecule has 3 N–H and O–H groups in total. The first kappa shape index (κ1) is 12.6. The number of para-hydroxylation sites is 1. The van der Waals surface area contributed by atoms with Crippen molar-refractivity contribution in [3.8, 4) is 0 Å². The summed E-state index contributed by atoms with van der Waals surface area (Å²) in [6.45, 7) is 2.20. The molecule has 3 atom stereocenters. The number of hydrogen-bond acceptors (Lipinski definition) is 4. The molecule has 0 radical (unpaired) electrons. The lowest BCUT2D eigenvalue weighted by Gasteiger charge is -2.05. The standard InChI is InChI=1S/C16H18N4O/c1-9-6-12(9)15-19-16(21-20-15)13(17)7-10-8-18-14-5-3-2-4-11(10)14/h2-5,8-9,12-13,18H,6-7,17H2,1H3/t9?,12?,13-/m0/s1. The first-order valence-electron chi connectivity index (χ1n) is 7.36. The second-order valence-electron chi connectivity index (χ2n) is 5.98. The lowest BCUT2D eigenvalue weighted by atomic mass is 10.1. The highest BCUT2D eigenvalue weighted by molar-refractivity contribution is 5.83. The zero-order valence-electron chi connectivity index (χ0n) is 11.9. The topological polar surface area (TPSA) is 80.7 Å². The average Bonchev–Trinajstić information content (AvgIpc) is 2.94. The summed E-state index contributed by atoms with van der Waals surface area (Å²) in [5.41, 5.74) is 8.54. The highest BCUT2D eigenvalue weighted by Gasteiger charge is 2.38. The minimum Gasteiger partial charge on any atom is -0.361 e. The van der Waals surface area contributed by atoms with Crippen LogP contribution in [0, 0.1) is 5.92 Å². The summed E-state index contributed by atoms with van der Waals surface area (Å²) < 4.78 is 5.34. The largest absolute Gasteiger partial charge is 0.361 e. The molecule has 1 aromatic carbocycles. The maximum absolute atomic E-state index is 6.24. The minimum atomic E-state index is -0.264. The molecule has 2 aromatic heterocycles. The maximum Gasteiger partial charge on any atom is 0.243 e. The van der Waals surface area contributed by atoms with E-state index < -0.39 is 0 Å². The molecule has 2 heterocycles. The minimum absolute atomic E-state index is 0.264. The van der Waals surface area contributed by atoms with Crippen LogP contribution in [0.25, 0.3) is 10.9 Å². The maximum atomic E-state index is 6.24. The highest BCUT2D eigenvalue weighted by atomic mass is 16.5. The van der Waals surface area contributed by atoms with Crippen LogP contribution in [-0.2, 0) is 6.42 Å². The van der Waals surface area contributed by atoms with Gasteiger partial charge in [-0.25, -0.2) is 0 Å². The SMILES string of the molecule is CC1CC1c1noc([C@@H](N)Cc2c[nH]c3ccccc23)n1. The third-order valence-electron chi connectivity index (χ3n) is 4.33. The molecule has 0 bridgehead atoms. The number of H-pyrrole nitrogens is 1. The molecule has 21 heavy (non-hydrogen) atoms. The molecule has 5 nitrogen and oxygen atoms in total. The van der Waals surface area contributed by atoms with Crippen molar-refractivity contribution in [3.05, 3.63) is 47.7 Å². The van der Waals surface area contributed by atoms with E-state index >= 15 is 0 Å². The van der Waals surface area contributed by atoms with Crippen LogP contribution in [0.2, 0.25) is 0 Å². The molecule has 108 valence electrons. The number of aromatic amines is 1. The Morgan fingerprint density at radius 3 is 3.05 bits per heavy atom. The van der Waals surface area contributed by atoms with Crippen LogP contribution < -0.4 is 5.73 Å². The van der Waals surface area contributed by atoms with E-state index in [1.54, 1.807) is 0 Å². The summed E-state index contributed by atoms with van der Waals surface area (Å²) in [7, 11) is 0. The van der Waals surface area contributed by atoms with Crippen LogP contribution in [0.1, 0.15) is 42.6 Å². The Hall–Kier alpha value is -2.14. The molecule has 1 aliphatic rings. The Labute approximate surface area is 122 Å². The zero-order valence-corrected chi connectivity index (χ0v) is 11.9. The van der Waals surface area contributed by atoms with Gasteiger partial charge in [0.25, 0.3) is 0 Å². The van der Waals surface area contributed by atoms with Crippen molar-refractivity contribution in [2.75, 3.05) is 0 Å². The third-order valence-corrected chi connectivity index (χ3v) is 4.33. The molecule has 0 aliphatic heterocycles. The Kier molecular flexibility index (Phi) is 2.82. The quantitative estimate of drug-likeness (QED) is 0.771. The fourth-order valence-electron chi connectivity index (χ4n) is 2.86. The Balaban J connectivity index is 1.55. The number of nitrogens with zero attached hydrogens (tertiary/aromatic N) is 2. The number of aromatic nitrogens is 3. The van der Waals surface area contributed by atoms with Gasteiger partial charge in [0.1, 0.15) is 0 Å². The van der Waals surface area contributed by atoms with Gasteiger partial charge in [-0.1, -0.05) is 30.3 Å². The fourth-order valence-corrected chi connectivity index (χ4v) is 2.86. The molecule has 0 amide bonds. The van der Waals surface area contributed by atoms with Gasteiger partial charge < -0.3 is 15.2 Å². The van der Waals surface area contributed by atoms with E-state index in [9.17, 15) is 0 Å². The van der Waals surface area contributed by atoms with Crippen molar-refractivity contribution in [2.24, 2.45) is 11.7 Å². The number of rotatable bonds is 4. The van der Waals surface area contributed by atoms with Gasteiger partial charge >= 0.3 is 0 Å². The molecule has 2 unspecified atom stereocenters. The van der Waals surface area contributed by atoms with Gasteiger partial charge in [0, 0.05) is 23.0 Å². The summed E-state index contributed by atoms with van der Waals surface area (Å²) >= 11 is 0. The van der Waals surface area contributed by atoms with Crippen molar-refractivity contribution < 1.29 is 4.52 Å². The van der Waals surface area contributed by atoms with Gasteiger partial charge in [-0.2, -0.15) is 4.98 Å². The van der Waals surface area contributed by atoms with Gasteiger partial charge in [-0.3, -0.25) is 0 Å². The highest BCUT2D eigenvalue weighted by Crippen LogP contribution is 2.45. The van der Waals surface area contributed by atoms with Crippen LogP contribution >= 0.6 is 0 Å². The van der Waals surface area contributed by atoms with Crippen molar-refractivity contribution in [1.29, 1.82) is 0 Å². The Morgan fingerprint density at radius 1 is 1.43 bits per heavy atom. The Morgan fingerprint density at radius 2 is 2.24 bits per heavy atom. The average molecular weight is 282 g/mol. The fraction of sp³-hybridized carbons (Fsp3) is 0.375. The summed E-state index contributed by atoms with van der Waals surface area (Å²) in [6, 6.07) is 7.94. The summed E-state index contributed by atoms with van der Waals surface area (Å²) in [5.74, 6) is 2.48. The van der Waals surface area contributed by atoms with Gasteiger partial charge in [0.15, 0.2) is 5.82 Å². The molecule has 0 saturated heterocycles. The first-order valence-corrected chi connectivity index (χ1v) is 7.36. The molecular weight excluding hydrogens is 264 g/mol. The van der Waals surface area contributed by atoms with Crippen LogP contribution in [0.4, 0.5) is 0 Å². The van der Waals surface area contributed by atoms with Crippen LogP contribution in [0.3, 0.4) is 0 Å². The summed E-state index contributed by atoms with van der Waals surface area (Å²) in [6.07, 6.45) is 3.84. The third kappa shape index (κ3) is 2.23. The van der Waals surface area contributed by atoms with E-state index in [1.165, 1.54) is 10.9 Å². The second-order valence-corrected chi connectivity index (χ2v) is 5.98. The number of nitrogens with two attached hydrogens (primary N) is 1. The number of fused-ring (bicyclic) bond motifs is 1. The normalized spacial score (nSPS) is 22.6. The zero-order chi connectivity index (χ0) is 14.4. The van der Waals surface area contributed by atoms with Gasteiger partial charge in [0.05, 0.1) is 6.04 Å².